The first-order valence-electron chi connectivity index (χ1n) is 12.8. The number of aliphatic imine (C=N–C) groups is 2. The fourth-order valence-electron chi connectivity index (χ4n) is 3.99. The predicted octanol–water partition coefficient (Wildman–Crippen LogP) is -0.0198. The van der Waals surface area contributed by atoms with Crippen LogP contribution in [0.15, 0.2) is 70.6 Å². The molecule has 3 rings (SSSR count). The van der Waals surface area contributed by atoms with E-state index in [2.05, 4.69) is 9.98 Å². The number of carbonyl (C=O) groups excluding carboxylic acids is 1. The highest BCUT2D eigenvalue weighted by molar-refractivity contribution is 5.66. The van der Waals surface area contributed by atoms with Crippen molar-refractivity contribution < 1.29 is 49.3 Å². The molecule has 1 heterocycles. The highest BCUT2D eigenvalue weighted by Crippen LogP contribution is 2.26. The number of nitrogens with zero attached hydrogens (tertiary/aromatic N) is 2. The van der Waals surface area contributed by atoms with Gasteiger partial charge in [0.1, 0.15) is 30.5 Å². The van der Waals surface area contributed by atoms with Crippen molar-refractivity contribution in [3.8, 4) is 0 Å². The Bertz CT molecular complexity index is 1070. The first kappa shape index (κ1) is 31.5. The van der Waals surface area contributed by atoms with Gasteiger partial charge in [-0.2, -0.15) is 0 Å². The van der Waals surface area contributed by atoms with Crippen molar-refractivity contribution in [1.82, 2.24) is 0 Å². The fraction of sp³-hybridized carbons (Fsp3) is 0.464. The molecule has 40 heavy (non-hydrogen) atoms. The molecule has 2 aromatic rings. The number of hydrogen-bond acceptors (Lipinski definition) is 12. The maximum Gasteiger partial charge on any atom is 0.303 e. The van der Waals surface area contributed by atoms with E-state index in [0.717, 1.165) is 18.1 Å². The van der Waals surface area contributed by atoms with Crippen LogP contribution in [0.5, 0.6) is 0 Å². The molecule has 0 amide bonds. The highest BCUT2D eigenvalue weighted by atomic mass is 16.7. The average molecular weight is 561 g/mol. The molecule has 0 radical (unpaired) electrons. The summed E-state index contributed by atoms with van der Waals surface area (Å²) in [6.07, 6.45) is -8.84. The maximum absolute atomic E-state index is 11.6. The molecule has 0 spiro atoms. The van der Waals surface area contributed by atoms with Gasteiger partial charge in [0, 0.05) is 13.1 Å². The van der Waals surface area contributed by atoms with E-state index in [0.29, 0.717) is 6.54 Å². The van der Waals surface area contributed by atoms with Crippen LogP contribution < -0.4 is 0 Å². The summed E-state index contributed by atoms with van der Waals surface area (Å²) in [5.74, 6) is -0.768. The Kier molecular flexibility index (Phi) is 12.8. The summed E-state index contributed by atoms with van der Waals surface area (Å²) in [6, 6.07) is 18.7. The summed E-state index contributed by atoms with van der Waals surface area (Å²) < 4.78 is 22.0. The molecule has 12 nitrogen and oxygen atoms in total. The summed E-state index contributed by atoms with van der Waals surface area (Å²) in [6.45, 7) is 0.368. The summed E-state index contributed by atoms with van der Waals surface area (Å²) in [5, 5.41) is 51.3. The van der Waals surface area contributed by atoms with E-state index in [9.17, 15) is 30.3 Å². The van der Waals surface area contributed by atoms with Gasteiger partial charge in [-0.25, -0.2) is 0 Å². The minimum atomic E-state index is -1.66. The van der Waals surface area contributed by atoms with Gasteiger partial charge in [0.05, 0.1) is 32.5 Å². The maximum atomic E-state index is 11.6. The largest absolute Gasteiger partial charge is 0.457 e. The van der Waals surface area contributed by atoms with E-state index in [1.807, 2.05) is 60.7 Å². The number of hydrogen-bond donors (Lipinski definition) is 5. The lowest BCUT2D eigenvalue weighted by Gasteiger charge is -2.42. The SMILES string of the molecule is CC(=O)O[C@H]1[C@H](O)[C@@H](O[C@H](C=NCc2ccccc2)[C@H](CO)O[C@@H](O)C=NCc2ccccc2)O[C@@H](CO)[C@@H]1O. The molecule has 0 aliphatic carbocycles. The molecular weight excluding hydrogens is 524 g/mol. The van der Waals surface area contributed by atoms with Crippen molar-refractivity contribution in [2.24, 2.45) is 9.98 Å². The van der Waals surface area contributed by atoms with Crippen LogP contribution in [-0.2, 0) is 36.8 Å². The number of carbonyl (C=O) groups is 1. The third-order valence-electron chi connectivity index (χ3n) is 5.99. The van der Waals surface area contributed by atoms with Crippen molar-refractivity contribution in [2.75, 3.05) is 13.2 Å². The van der Waals surface area contributed by atoms with E-state index in [1.54, 1.807) is 0 Å². The van der Waals surface area contributed by atoms with Crippen LogP contribution in [0.4, 0.5) is 0 Å². The Labute approximate surface area is 232 Å². The Morgan fingerprint density at radius 1 is 0.950 bits per heavy atom. The minimum Gasteiger partial charge on any atom is -0.457 e. The van der Waals surface area contributed by atoms with Gasteiger partial charge >= 0.3 is 5.97 Å². The molecule has 12 heteroatoms. The first-order chi connectivity index (χ1) is 19.3. The zero-order valence-corrected chi connectivity index (χ0v) is 22.0. The summed E-state index contributed by atoms with van der Waals surface area (Å²) in [7, 11) is 0. The van der Waals surface area contributed by atoms with Crippen LogP contribution in [0.25, 0.3) is 0 Å². The number of aliphatic hydroxyl groups is 5. The van der Waals surface area contributed by atoms with E-state index in [4.69, 9.17) is 18.9 Å². The Morgan fingerprint density at radius 3 is 2.05 bits per heavy atom. The molecule has 8 atom stereocenters. The van der Waals surface area contributed by atoms with E-state index in [1.165, 1.54) is 12.4 Å². The van der Waals surface area contributed by atoms with Crippen LogP contribution in [0, 0.1) is 0 Å². The van der Waals surface area contributed by atoms with Crippen molar-refractivity contribution in [1.29, 1.82) is 0 Å². The lowest BCUT2D eigenvalue weighted by molar-refractivity contribution is -0.315. The number of rotatable bonds is 14. The third kappa shape index (κ3) is 9.54. The van der Waals surface area contributed by atoms with Gasteiger partial charge < -0.3 is 44.5 Å². The van der Waals surface area contributed by atoms with Crippen molar-refractivity contribution >= 4 is 18.4 Å². The van der Waals surface area contributed by atoms with E-state index in [-0.39, 0.29) is 6.54 Å². The zero-order valence-electron chi connectivity index (χ0n) is 22.0. The molecule has 0 aromatic heterocycles. The van der Waals surface area contributed by atoms with Crippen LogP contribution in [-0.4, -0.2) is 106 Å². The molecule has 1 aliphatic rings. The average Bonchev–Trinajstić information content (AvgIpc) is 2.95. The van der Waals surface area contributed by atoms with Crippen LogP contribution in [0.2, 0.25) is 0 Å². The first-order valence-corrected chi connectivity index (χ1v) is 12.8. The quantitative estimate of drug-likeness (QED) is 0.120. The number of ether oxygens (including phenoxy) is 4. The second-order valence-electron chi connectivity index (χ2n) is 9.08. The van der Waals surface area contributed by atoms with Crippen molar-refractivity contribution in [2.45, 2.75) is 69.2 Å². The molecule has 2 aromatic carbocycles. The monoisotopic (exact) mass is 560 g/mol. The second kappa shape index (κ2) is 16.3. The molecule has 0 unspecified atom stereocenters. The summed E-state index contributed by atoms with van der Waals surface area (Å²) in [4.78, 5) is 20.1. The van der Waals surface area contributed by atoms with Gasteiger partial charge in [-0.3, -0.25) is 14.8 Å². The fourth-order valence-corrected chi connectivity index (χ4v) is 3.99. The van der Waals surface area contributed by atoms with Gasteiger partial charge in [-0.05, 0) is 11.1 Å². The third-order valence-corrected chi connectivity index (χ3v) is 5.99. The van der Waals surface area contributed by atoms with Gasteiger partial charge in [0.15, 0.2) is 18.7 Å². The predicted molar refractivity (Wildman–Crippen MR) is 143 cm³/mol. The Hall–Kier alpha value is -3.07. The lowest BCUT2D eigenvalue weighted by atomic mass is 9.99. The molecule has 5 N–H and O–H groups in total. The number of esters is 1. The van der Waals surface area contributed by atoms with Crippen molar-refractivity contribution in [3.05, 3.63) is 71.8 Å². The van der Waals surface area contributed by atoms with Gasteiger partial charge in [-0.15, -0.1) is 0 Å². The smallest absolute Gasteiger partial charge is 0.303 e. The molecule has 0 saturated carbocycles. The van der Waals surface area contributed by atoms with Gasteiger partial charge in [-0.1, -0.05) is 60.7 Å². The molecule has 1 fully saturated rings. The van der Waals surface area contributed by atoms with Crippen LogP contribution >= 0.6 is 0 Å². The molecular formula is C28H36N2O10. The Balaban J connectivity index is 1.76. The van der Waals surface area contributed by atoms with Gasteiger partial charge in [0.2, 0.25) is 0 Å². The van der Waals surface area contributed by atoms with Crippen LogP contribution in [0.3, 0.4) is 0 Å². The second-order valence-corrected chi connectivity index (χ2v) is 9.08. The lowest BCUT2D eigenvalue weighted by Crippen LogP contribution is -2.61. The standard InChI is InChI=1S/C28H36N2O10/c1-18(33)37-27-25(35)23(17-32)40-28(26(27)36)39-21(14-29-12-19-8-4-2-5-9-19)22(16-31)38-24(34)15-30-13-20-10-6-3-7-11-20/h2-11,14-15,21-28,31-32,34-36H,12-13,16-17H2,1H3/t21-,22+,23+,24-,25+,26+,27-,28+/m1/s1. The zero-order chi connectivity index (χ0) is 28.9. The molecule has 218 valence electrons. The number of benzene rings is 2. The van der Waals surface area contributed by atoms with Crippen LogP contribution in [0.1, 0.15) is 18.1 Å². The normalized spacial score (nSPS) is 25.6. The highest BCUT2D eigenvalue weighted by Gasteiger charge is 2.48. The summed E-state index contributed by atoms with van der Waals surface area (Å²) in [5.41, 5.74) is 1.81. The minimum absolute atomic E-state index is 0.252. The van der Waals surface area contributed by atoms with E-state index >= 15 is 0 Å². The van der Waals surface area contributed by atoms with Crippen molar-refractivity contribution in [3.63, 3.8) is 0 Å². The summed E-state index contributed by atoms with van der Waals surface area (Å²) >= 11 is 0. The Morgan fingerprint density at radius 2 is 1.52 bits per heavy atom. The topological polar surface area (TPSA) is 180 Å². The number of aliphatic hydroxyl groups excluding tert-OH is 5. The molecule has 1 aliphatic heterocycles. The van der Waals surface area contributed by atoms with Gasteiger partial charge in [0.25, 0.3) is 0 Å². The van der Waals surface area contributed by atoms with E-state index < -0.39 is 68.4 Å². The molecule has 1 saturated heterocycles. The molecule has 0 bridgehead atoms.